The predicted octanol–water partition coefficient (Wildman–Crippen LogP) is 4.46. The van der Waals surface area contributed by atoms with Gasteiger partial charge in [-0.2, -0.15) is 0 Å². The zero-order valence-corrected chi connectivity index (χ0v) is 21.5. The van der Waals surface area contributed by atoms with E-state index < -0.39 is 29.5 Å². The number of carbonyl (C=O) groups is 2. The number of nitrogens with one attached hydrogen (secondary N) is 2. The van der Waals surface area contributed by atoms with Crippen molar-refractivity contribution >= 4 is 23.4 Å². The van der Waals surface area contributed by atoms with Gasteiger partial charge in [0.2, 0.25) is 5.91 Å². The quantitative estimate of drug-likeness (QED) is 0.417. The van der Waals surface area contributed by atoms with E-state index in [4.69, 9.17) is 16.1 Å². The SMILES string of the molecule is O=C(N[C@H]1CCN(CC2CC2)C[C@@H]1C(=O)NCCc1ccccc1Cl)c1cc(-c2ccc(F)cc2F)on1. The largest absolute Gasteiger partial charge is 0.355 e. The molecule has 2 aliphatic rings. The summed E-state index contributed by atoms with van der Waals surface area (Å²) in [4.78, 5) is 28.6. The Bertz CT molecular complexity index is 1310. The molecule has 1 saturated heterocycles. The van der Waals surface area contributed by atoms with E-state index in [1.54, 1.807) is 0 Å². The summed E-state index contributed by atoms with van der Waals surface area (Å²) in [6, 6.07) is 11.5. The molecule has 1 aromatic heterocycles. The number of benzene rings is 2. The molecule has 0 radical (unpaired) electrons. The van der Waals surface area contributed by atoms with Gasteiger partial charge in [0.25, 0.3) is 5.91 Å². The van der Waals surface area contributed by atoms with Gasteiger partial charge >= 0.3 is 0 Å². The number of piperidine rings is 1. The molecule has 0 unspecified atom stereocenters. The lowest BCUT2D eigenvalue weighted by Crippen LogP contribution is -2.56. The maximum atomic E-state index is 14.1. The zero-order valence-electron chi connectivity index (χ0n) is 20.8. The maximum Gasteiger partial charge on any atom is 0.273 e. The average molecular weight is 543 g/mol. The Morgan fingerprint density at radius 1 is 1.11 bits per heavy atom. The van der Waals surface area contributed by atoms with Crippen molar-refractivity contribution < 1.29 is 22.9 Å². The van der Waals surface area contributed by atoms with E-state index in [1.807, 2.05) is 24.3 Å². The van der Waals surface area contributed by atoms with Crippen LogP contribution in [0.25, 0.3) is 11.3 Å². The zero-order chi connectivity index (χ0) is 26.6. The van der Waals surface area contributed by atoms with Gasteiger partial charge in [0.15, 0.2) is 11.5 Å². The second-order valence-electron chi connectivity index (χ2n) is 10.0. The van der Waals surface area contributed by atoms with E-state index in [9.17, 15) is 18.4 Å². The van der Waals surface area contributed by atoms with Crippen molar-refractivity contribution in [3.63, 3.8) is 0 Å². The fraction of sp³-hybridized carbons (Fsp3) is 0.393. The normalized spacial score (nSPS) is 19.8. The van der Waals surface area contributed by atoms with Crippen molar-refractivity contribution in [3.05, 3.63) is 76.4 Å². The Labute approximate surface area is 224 Å². The van der Waals surface area contributed by atoms with Crippen LogP contribution < -0.4 is 10.6 Å². The number of hydrogen-bond donors (Lipinski definition) is 2. The lowest BCUT2D eigenvalue weighted by molar-refractivity contribution is -0.127. The first-order valence-electron chi connectivity index (χ1n) is 12.8. The summed E-state index contributed by atoms with van der Waals surface area (Å²) in [7, 11) is 0. The van der Waals surface area contributed by atoms with Gasteiger partial charge in [-0.1, -0.05) is 35.0 Å². The molecule has 0 bridgehead atoms. The fourth-order valence-corrected chi connectivity index (χ4v) is 5.11. The van der Waals surface area contributed by atoms with Crippen LogP contribution >= 0.6 is 11.6 Å². The van der Waals surface area contributed by atoms with Gasteiger partial charge in [-0.15, -0.1) is 0 Å². The van der Waals surface area contributed by atoms with E-state index >= 15 is 0 Å². The molecule has 1 aliphatic carbocycles. The van der Waals surface area contributed by atoms with Crippen LogP contribution in [-0.2, 0) is 11.2 Å². The highest BCUT2D eigenvalue weighted by Gasteiger charge is 2.37. The summed E-state index contributed by atoms with van der Waals surface area (Å²) >= 11 is 6.24. The van der Waals surface area contributed by atoms with Crippen molar-refractivity contribution in [2.24, 2.45) is 11.8 Å². The molecule has 5 rings (SSSR count). The molecule has 2 amide bonds. The second-order valence-corrected chi connectivity index (χ2v) is 10.4. The first-order chi connectivity index (χ1) is 18.4. The Kier molecular flexibility index (Phi) is 8.04. The number of carbonyl (C=O) groups excluding carboxylic acids is 2. The van der Waals surface area contributed by atoms with E-state index in [0.717, 1.165) is 30.8 Å². The molecule has 2 fully saturated rings. The molecular formula is C28H29ClF2N4O3. The van der Waals surface area contributed by atoms with Crippen LogP contribution in [0.1, 0.15) is 35.3 Å². The molecule has 3 aromatic rings. The van der Waals surface area contributed by atoms with Gasteiger partial charge in [-0.25, -0.2) is 8.78 Å². The smallest absolute Gasteiger partial charge is 0.273 e. The van der Waals surface area contributed by atoms with Crippen LogP contribution in [0, 0.1) is 23.5 Å². The van der Waals surface area contributed by atoms with Gasteiger partial charge in [-0.05, 0) is 55.4 Å². The number of hydrogen-bond acceptors (Lipinski definition) is 5. The maximum absolute atomic E-state index is 14.1. The molecule has 2 aromatic carbocycles. The molecule has 2 heterocycles. The Morgan fingerprint density at radius 2 is 1.92 bits per heavy atom. The Balaban J connectivity index is 1.24. The highest BCUT2D eigenvalue weighted by molar-refractivity contribution is 6.31. The molecule has 1 aliphatic heterocycles. The third-order valence-corrected chi connectivity index (χ3v) is 7.52. The van der Waals surface area contributed by atoms with Gasteiger partial charge < -0.3 is 20.1 Å². The van der Waals surface area contributed by atoms with Crippen LogP contribution in [0.4, 0.5) is 8.78 Å². The summed E-state index contributed by atoms with van der Waals surface area (Å²) in [5, 5.41) is 10.4. The number of amides is 2. The van der Waals surface area contributed by atoms with E-state index in [0.29, 0.717) is 36.9 Å². The molecule has 38 heavy (non-hydrogen) atoms. The monoisotopic (exact) mass is 542 g/mol. The second kappa shape index (κ2) is 11.6. The minimum absolute atomic E-state index is 0.00195. The summed E-state index contributed by atoms with van der Waals surface area (Å²) < 4.78 is 32.5. The summed E-state index contributed by atoms with van der Waals surface area (Å²) in [5.41, 5.74) is 0.918. The van der Waals surface area contributed by atoms with E-state index in [-0.39, 0.29) is 22.9 Å². The van der Waals surface area contributed by atoms with Gasteiger partial charge in [0.05, 0.1) is 11.5 Å². The third kappa shape index (κ3) is 6.39. The fourth-order valence-electron chi connectivity index (χ4n) is 4.88. The first kappa shape index (κ1) is 26.3. The van der Waals surface area contributed by atoms with Gasteiger partial charge in [-0.3, -0.25) is 9.59 Å². The number of rotatable bonds is 9. The van der Waals surface area contributed by atoms with Crippen molar-refractivity contribution in [2.75, 3.05) is 26.2 Å². The van der Waals surface area contributed by atoms with Gasteiger partial charge in [0.1, 0.15) is 11.6 Å². The molecule has 7 nitrogen and oxygen atoms in total. The molecule has 1 saturated carbocycles. The van der Waals surface area contributed by atoms with Crippen LogP contribution in [-0.4, -0.2) is 54.1 Å². The molecular weight excluding hydrogens is 514 g/mol. The highest BCUT2D eigenvalue weighted by atomic mass is 35.5. The highest BCUT2D eigenvalue weighted by Crippen LogP contribution is 2.31. The topological polar surface area (TPSA) is 87.5 Å². The van der Waals surface area contributed by atoms with Crippen LogP contribution in [0.15, 0.2) is 53.1 Å². The number of aromatic nitrogens is 1. The minimum Gasteiger partial charge on any atom is -0.355 e. The van der Waals surface area contributed by atoms with Crippen molar-refractivity contribution in [1.29, 1.82) is 0 Å². The molecule has 200 valence electrons. The van der Waals surface area contributed by atoms with Crippen LogP contribution in [0.3, 0.4) is 0 Å². The molecule has 0 spiro atoms. The average Bonchev–Trinajstić information content (AvgIpc) is 3.57. The standard InChI is InChI=1S/C28H29ClF2N4O3/c29-22-4-2-1-3-18(22)9-11-32-27(36)21-16-35(15-17-5-6-17)12-10-24(21)33-28(37)25-14-26(38-34-25)20-8-7-19(30)13-23(20)31/h1-4,7-8,13-14,17,21,24H,5-6,9-12,15-16H2,(H,32,36)(H,33,37)/t21-,24-/m0/s1. The molecule has 10 heteroatoms. The van der Waals surface area contributed by atoms with Crippen molar-refractivity contribution in [3.8, 4) is 11.3 Å². The molecule has 2 atom stereocenters. The number of likely N-dealkylation sites (tertiary alicyclic amines) is 1. The first-order valence-corrected chi connectivity index (χ1v) is 13.2. The lowest BCUT2D eigenvalue weighted by Gasteiger charge is -2.38. The van der Waals surface area contributed by atoms with Crippen molar-refractivity contribution in [1.82, 2.24) is 20.7 Å². The van der Waals surface area contributed by atoms with Crippen molar-refractivity contribution in [2.45, 2.75) is 31.7 Å². The summed E-state index contributed by atoms with van der Waals surface area (Å²) in [5.74, 6) is -1.92. The molecule has 2 N–H and O–H groups in total. The lowest BCUT2D eigenvalue weighted by atomic mass is 9.90. The number of nitrogens with zero attached hydrogens (tertiary/aromatic N) is 2. The van der Waals surface area contributed by atoms with E-state index in [1.165, 1.54) is 25.0 Å². The third-order valence-electron chi connectivity index (χ3n) is 7.15. The Morgan fingerprint density at radius 3 is 2.68 bits per heavy atom. The van der Waals surface area contributed by atoms with Gasteiger partial charge in [0, 0.05) is 49.4 Å². The summed E-state index contributed by atoms with van der Waals surface area (Å²) in [6.45, 7) is 2.71. The van der Waals surface area contributed by atoms with Crippen LogP contribution in [0.2, 0.25) is 5.02 Å². The predicted molar refractivity (Wildman–Crippen MR) is 139 cm³/mol. The Hall–Kier alpha value is -3.30. The van der Waals surface area contributed by atoms with Crippen LogP contribution in [0.5, 0.6) is 0 Å². The number of halogens is 3. The minimum atomic E-state index is -0.815. The summed E-state index contributed by atoms with van der Waals surface area (Å²) in [6.07, 6.45) is 3.64. The van der Waals surface area contributed by atoms with E-state index in [2.05, 4.69) is 20.7 Å².